The minimum absolute atomic E-state index is 0.182. The van der Waals surface area contributed by atoms with Crippen LogP contribution >= 0.6 is 0 Å². The van der Waals surface area contributed by atoms with E-state index in [9.17, 15) is 9.90 Å². The number of esters is 1. The predicted octanol–water partition coefficient (Wildman–Crippen LogP) is 3.11. The molecule has 0 aliphatic heterocycles. The molecule has 4 nitrogen and oxygen atoms in total. The summed E-state index contributed by atoms with van der Waals surface area (Å²) in [7, 11) is 0. The second kappa shape index (κ2) is 8.19. The molecule has 0 unspecified atom stereocenters. The Bertz CT molecular complexity index is 420. The molecule has 0 aromatic heterocycles. The highest BCUT2D eigenvalue weighted by Crippen LogP contribution is 2.14. The molecule has 1 aromatic rings. The summed E-state index contributed by atoms with van der Waals surface area (Å²) in [6, 6.07) is 6.52. The highest BCUT2D eigenvalue weighted by molar-refractivity contribution is 5.91. The van der Waals surface area contributed by atoms with E-state index in [1.54, 1.807) is 30.3 Å². The van der Waals surface area contributed by atoms with Gasteiger partial charge in [-0.25, -0.2) is 4.79 Å². The minimum atomic E-state index is -0.455. The second-order valence-electron chi connectivity index (χ2n) is 4.08. The van der Waals surface area contributed by atoms with Gasteiger partial charge in [0.2, 0.25) is 5.76 Å². The monoisotopic (exact) mass is 264 g/mol. The summed E-state index contributed by atoms with van der Waals surface area (Å²) < 4.78 is 10.5. The van der Waals surface area contributed by atoms with Gasteiger partial charge in [0.15, 0.2) is 0 Å². The Balaban J connectivity index is 2.82. The smallest absolute Gasteiger partial charge is 0.373 e. The van der Waals surface area contributed by atoms with E-state index in [0.717, 1.165) is 18.4 Å². The van der Waals surface area contributed by atoms with Gasteiger partial charge in [-0.3, -0.25) is 0 Å². The first-order valence-electron chi connectivity index (χ1n) is 6.48. The van der Waals surface area contributed by atoms with E-state index in [0.29, 0.717) is 13.2 Å². The Hall–Kier alpha value is -1.97. The molecule has 0 fully saturated rings. The molecule has 0 bridgehead atoms. The number of carbonyl (C=O) groups is 1. The number of aromatic hydroxyl groups is 1. The van der Waals surface area contributed by atoms with Gasteiger partial charge >= 0.3 is 5.97 Å². The molecule has 1 rings (SSSR count). The second-order valence-corrected chi connectivity index (χ2v) is 4.08. The van der Waals surface area contributed by atoms with Gasteiger partial charge in [-0.2, -0.15) is 0 Å². The molecule has 0 aliphatic rings. The van der Waals surface area contributed by atoms with Crippen LogP contribution in [0.3, 0.4) is 0 Å². The first-order chi connectivity index (χ1) is 9.17. The van der Waals surface area contributed by atoms with Crippen molar-refractivity contribution in [2.75, 3.05) is 13.2 Å². The van der Waals surface area contributed by atoms with Gasteiger partial charge in [-0.05, 0) is 36.6 Å². The molecule has 1 N–H and O–H groups in total. The number of phenolic OH excluding ortho intramolecular Hbond substituents is 1. The van der Waals surface area contributed by atoms with Crippen LogP contribution in [-0.2, 0) is 14.3 Å². The third-order valence-electron chi connectivity index (χ3n) is 2.29. The van der Waals surface area contributed by atoms with Gasteiger partial charge in [0.1, 0.15) is 5.75 Å². The molecular formula is C15H20O4. The molecular weight excluding hydrogens is 244 g/mol. The van der Waals surface area contributed by atoms with Crippen molar-refractivity contribution in [3.8, 4) is 5.75 Å². The number of benzene rings is 1. The van der Waals surface area contributed by atoms with Gasteiger partial charge < -0.3 is 14.6 Å². The summed E-state index contributed by atoms with van der Waals surface area (Å²) in [5.41, 5.74) is 0.775. The zero-order valence-corrected chi connectivity index (χ0v) is 11.4. The summed E-state index contributed by atoms with van der Waals surface area (Å²) in [6.45, 7) is 4.74. The molecule has 19 heavy (non-hydrogen) atoms. The van der Waals surface area contributed by atoms with Crippen molar-refractivity contribution in [2.24, 2.45) is 0 Å². The van der Waals surface area contributed by atoms with E-state index in [1.807, 2.05) is 13.8 Å². The lowest BCUT2D eigenvalue weighted by atomic mass is 10.2. The van der Waals surface area contributed by atoms with Crippen LogP contribution < -0.4 is 0 Å². The Morgan fingerprint density at radius 1 is 1.11 bits per heavy atom. The highest BCUT2D eigenvalue weighted by Gasteiger charge is 2.12. The van der Waals surface area contributed by atoms with Crippen molar-refractivity contribution in [2.45, 2.75) is 26.7 Å². The number of hydrogen-bond donors (Lipinski definition) is 1. The standard InChI is InChI=1S/C15H20O4/c1-3-9-18-14(15(17)19-10-4-2)11-12-5-7-13(16)8-6-12/h5-8,11,16H,3-4,9-10H2,1-2H3. The van der Waals surface area contributed by atoms with Crippen molar-refractivity contribution < 1.29 is 19.4 Å². The van der Waals surface area contributed by atoms with Crippen LogP contribution in [0.25, 0.3) is 6.08 Å². The predicted molar refractivity (Wildman–Crippen MR) is 73.6 cm³/mol. The summed E-state index contributed by atoms with van der Waals surface area (Å²) in [4.78, 5) is 11.8. The fourth-order valence-corrected chi connectivity index (χ4v) is 1.36. The summed E-state index contributed by atoms with van der Waals surface area (Å²) in [5.74, 6) is -0.0777. The lowest BCUT2D eigenvalue weighted by Crippen LogP contribution is -2.11. The van der Waals surface area contributed by atoms with Crippen molar-refractivity contribution in [3.63, 3.8) is 0 Å². The largest absolute Gasteiger partial charge is 0.508 e. The fourth-order valence-electron chi connectivity index (χ4n) is 1.36. The van der Waals surface area contributed by atoms with Gasteiger partial charge in [0.25, 0.3) is 0 Å². The summed E-state index contributed by atoms with van der Waals surface area (Å²) in [6.07, 6.45) is 3.20. The maximum Gasteiger partial charge on any atom is 0.373 e. The van der Waals surface area contributed by atoms with Gasteiger partial charge in [0.05, 0.1) is 13.2 Å². The van der Waals surface area contributed by atoms with E-state index >= 15 is 0 Å². The summed E-state index contributed by atoms with van der Waals surface area (Å²) >= 11 is 0. The SMILES string of the molecule is CCCOC(=O)C(=Cc1ccc(O)cc1)OCCC. The molecule has 0 saturated carbocycles. The number of rotatable bonds is 7. The van der Waals surface area contributed by atoms with Gasteiger partial charge in [0, 0.05) is 0 Å². The van der Waals surface area contributed by atoms with Crippen molar-refractivity contribution in [1.29, 1.82) is 0 Å². The number of ether oxygens (including phenoxy) is 2. The topological polar surface area (TPSA) is 55.8 Å². The fraction of sp³-hybridized carbons (Fsp3) is 0.400. The van der Waals surface area contributed by atoms with Crippen LogP contribution in [0.1, 0.15) is 32.3 Å². The zero-order chi connectivity index (χ0) is 14.1. The molecule has 0 heterocycles. The van der Waals surface area contributed by atoms with E-state index < -0.39 is 5.97 Å². The maximum absolute atomic E-state index is 11.8. The molecule has 104 valence electrons. The van der Waals surface area contributed by atoms with Crippen LogP contribution in [0.2, 0.25) is 0 Å². The quantitative estimate of drug-likeness (QED) is 0.467. The first kappa shape index (κ1) is 15.1. The van der Waals surface area contributed by atoms with Gasteiger partial charge in [-0.1, -0.05) is 26.0 Å². The summed E-state index contributed by atoms with van der Waals surface area (Å²) in [5, 5.41) is 9.21. The minimum Gasteiger partial charge on any atom is -0.508 e. The normalized spacial score (nSPS) is 11.2. The number of phenols is 1. The van der Waals surface area contributed by atoms with Crippen molar-refractivity contribution >= 4 is 12.0 Å². The van der Waals surface area contributed by atoms with Crippen LogP contribution in [-0.4, -0.2) is 24.3 Å². The van der Waals surface area contributed by atoms with E-state index in [4.69, 9.17) is 9.47 Å². The Labute approximate surface area is 113 Å². The average molecular weight is 264 g/mol. The van der Waals surface area contributed by atoms with Crippen molar-refractivity contribution in [1.82, 2.24) is 0 Å². The zero-order valence-electron chi connectivity index (χ0n) is 11.4. The van der Waals surface area contributed by atoms with E-state index in [2.05, 4.69) is 0 Å². The molecule has 4 heteroatoms. The third kappa shape index (κ3) is 5.46. The Morgan fingerprint density at radius 3 is 2.26 bits per heavy atom. The molecule has 0 saturated heterocycles. The van der Waals surface area contributed by atoms with Crippen LogP contribution in [0.4, 0.5) is 0 Å². The van der Waals surface area contributed by atoms with Gasteiger partial charge in [-0.15, -0.1) is 0 Å². The molecule has 1 aromatic carbocycles. The Morgan fingerprint density at radius 2 is 1.68 bits per heavy atom. The van der Waals surface area contributed by atoms with E-state index in [-0.39, 0.29) is 11.5 Å². The van der Waals surface area contributed by atoms with Crippen LogP contribution in [0.5, 0.6) is 5.75 Å². The highest BCUT2D eigenvalue weighted by atomic mass is 16.6. The Kier molecular flexibility index (Phi) is 6.50. The van der Waals surface area contributed by atoms with E-state index in [1.165, 1.54) is 0 Å². The lowest BCUT2D eigenvalue weighted by molar-refractivity contribution is -0.142. The maximum atomic E-state index is 11.8. The number of hydrogen-bond acceptors (Lipinski definition) is 4. The molecule has 0 amide bonds. The molecule has 0 atom stereocenters. The molecule has 0 radical (unpaired) electrons. The van der Waals surface area contributed by atoms with Crippen LogP contribution in [0.15, 0.2) is 30.0 Å². The lowest BCUT2D eigenvalue weighted by Gasteiger charge is -2.09. The van der Waals surface area contributed by atoms with Crippen molar-refractivity contribution in [3.05, 3.63) is 35.6 Å². The molecule has 0 aliphatic carbocycles. The third-order valence-corrected chi connectivity index (χ3v) is 2.29. The average Bonchev–Trinajstić information content (AvgIpc) is 2.42. The van der Waals surface area contributed by atoms with Crippen LogP contribution in [0, 0.1) is 0 Å². The first-order valence-corrected chi connectivity index (χ1v) is 6.48. The molecule has 0 spiro atoms. The number of carbonyl (C=O) groups excluding carboxylic acids is 1.